The average Bonchev–Trinajstić information content (AvgIpc) is 3.44. The first kappa shape index (κ1) is 19.2. The second-order valence-electron chi connectivity index (χ2n) is 7.06. The number of amides is 1. The Labute approximate surface area is 174 Å². The lowest BCUT2D eigenvalue weighted by atomic mass is 10.0. The number of nitrogens with one attached hydrogen (secondary N) is 1. The van der Waals surface area contributed by atoms with Crippen LogP contribution in [0.5, 0.6) is 0 Å². The Morgan fingerprint density at radius 3 is 2.29 bits per heavy atom. The van der Waals surface area contributed by atoms with E-state index in [9.17, 15) is 4.79 Å². The van der Waals surface area contributed by atoms with Gasteiger partial charge in [0.25, 0.3) is 5.91 Å². The molecule has 0 saturated carbocycles. The molecule has 3 aromatic rings. The van der Waals surface area contributed by atoms with E-state index in [1.165, 1.54) is 21.9 Å². The fourth-order valence-corrected chi connectivity index (χ4v) is 5.45. The van der Waals surface area contributed by atoms with E-state index in [4.69, 9.17) is 0 Å². The molecule has 1 aliphatic heterocycles. The summed E-state index contributed by atoms with van der Waals surface area (Å²) in [5, 5.41) is 7.30. The van der Waals surface area contributed by atoms with Crippen LogP contribution in [0.3, 0.4) is 0 Å². The third-order valence-electron chi connectivity index (χ3n) is 5.24. The molecule has 0 bridgehead atoms. The standard InChI is InChI=1S/C22H25N3OS2/c1-17(23-22(26)20-10-6-16-28-20)21(19-9-5-15-27-19)25-13-11-24(12-14-25)18-7-3-2-4-8-18/h2-10,15-17,21H,11-14H2,1H3,(H,23,26)/t17-,21+/m1/s1. The van der Waals surface area contributed by atoms with Gasteiger partial charge in [-0.2, -0.15) is 0 Å². The summed E-state index contributed by atoms with van der Waals surface area (Å²) < 4.78 is 0. The molecule has 0 aliphatic carbocycles. The van der Waals surface area contributed by atoms with Crippen LogP contribution in [-0.4, -0.2) is 43.0 Å². The first-order valence-electron chi connectivity index (χ1n) is 9.64. The van der Waals surface area contributed by atoms with E-state index >= 15 is 0 Å². The summed E-state index contributed by atoms with van der Waals surface area (Å²) in [6, 6.07) is 18.9. The number of benzene rings is 1. The number of carbonyl (C=O) groups is 1. The summed E-state index contributed by atoms with van der Waals surface area (Å²) in [6.45, 7) is 6.09. The van der Waals surface area contributed by atoms with Crippen molar-refractivity contribution >= 4 is 34.3 Å². The zero-order chi connectivity index (χ0) is 19.3. The quantitative estimate of drug-likeness (QED) is 0.649. The van der Waals surface area contributed by atoms with Crippen molar-refractivity contribution in [2.45, 2.75) is 19.0 Å². The van der Waals surface area contributed by atoms with Crippen molar-refractivity contribution in [2.75, 3.05) is 31.1 Å². The largest absolute Gasteiger partial charge is 0.369 e. The number of carbonyl (C=O) groups excluding carboxylic acids is 1. The SMILES string of the molecule is C[C@@H](NC(=O)c1cccs1)[C@@H](c1cccs1)N1CCN(c2ccccc2)CC1. The Hall–Kier alpha value is -2.15. The van der Waals surface area contributed by atoms with Crippen LogP contribution in [0, 0.1) is 0 Å². The third kappa shape index (κ3) is 4.29. The van der Waals surface area contributed by atoms with Gasteiger partial charge in [0.2, 0.25) is 0 Å². The minimum Gasteiger partial charge on any atom is -0.369 e. The minimum atomic E-state index is 0.0203. The zero-order valence-corrected chi connectivity index (χ0v) is 17.6. The van der Waals surface area contributed by atoms with Crippen LogP contribution in [-0.2, 0) is 0 Å². The van der Waals surface area contributed by atoms with E-state index in [1.54, 1.807) is 11.3 Å². The fraction of sp³-hybridized carbons (Fsp3) is 0.318. The van der Waals surface area contributed by atoms with E-state index in [1.807, 2.05) is 17.5 Å². The summed E-state index contributed by atoms with van der Waals surface area (Å²) in [5.41, 5.74) is 1.29. The highest BCUT2D eigenvalue weighted by molar-refractivity contribution is 7.12. The van der Waals surface area contributed by atoms with Crippen molar-refractivity contribution in [3.05, 3.63) is 75.1 Å². The Balaban J connectivity index is 1.46. The van der Waals surface area contributed by atoms with Crippen LogP contribution in [0.2, 0.25) is 0 Å². The molecule has 4 rings (SSSR count). The molecular formula is C22H25N3OS2. The maximum atomic E-state index is 12.6. The van der Waals surface area contributed by atoms with Gasteiger partial charge in [-0.1, -0.05) is 30.3 Å². The molecule has 28 heavy (non-hydrogen) atoms. The zero-order valence-electron chi connectivity index (χ0n) is 16.0. The van der Waals surface area contributed by atoms with E-state index < -0.39 is 0 Å². The lowest BCUT2D eigenvalue weighted by molar-refractivity contribution is 0.0894. The molecule has 6 heteroatoms. The second kappa shape index (κ2) is 8.90. The Morgan fingerprint density at radius 1 is 0.929 bits per heavy atom. The van der Waals surface area contributed by atoms with Crippen molar-refractivity contribution < 1.29 is 4.79 Å². The highest BCUT2D eigenvalue weighted by atomic mass is 32.1. The molecule has 2 aromatic heterocycles. The number of anilines is 1. The van der Waals surface area contributed by atoms with Crippen LogP contribution in [0.4, 0.5) is 5.69 Å². The van der Waals surface area contributed by atoms with E-state index in [0.29, 0.717) is 0 Å². The monoisotopic (exact) mass is 411 g/mol. The van der Waals surface area contributed by atoms with Gasteiger partial charge in [-0.3, -0.25) is 9.69 Å². The van der Waals surface area contributed by atoms with Gasteiger partial charge in [0.05, 0.1) is 10.9 Å². The minimum absolute atomic E-state index is 0.0203. The second-order valence-corrected chi connectivity index (χ2v) is 8.99. The summed E-state index contributed by atoms with van der Waals surface area (Å²) in [6.07, 6.45) is 0. The molecular weight excluding hydrogens is 386 g/mol. The predicted molar refractivity (Wildman–Crippen MR) is 119 cm³/mol. The molecule has 4 nitrogen and oxygen atoms in total. The number of piperazine rings is 1. The van der Waals surface area contributed by atoms with E-state index in [2.05, 4.69) is 69.9 Å². The molecule has 1 aliphatic rings. The van der Waals surface area contributed by atoms with Gasteiger partial charge >= 0.3 is 0 Å². The lowest BCUT2D eigenvalue weighted by Crippen LogP contribution is -2.52. The number of para-hydroxylation sites is 1. The van der Waals surface area contributed by atoms with Gasteiger partial charge in [-0.05, 0) is 41.9 Å². The molecule has 0 spiro atoms. The average molecular weight is 412 g/mol. The summed E-state index contributed by atoms with van der Waals surface area (Å²) in [7, 11) is 0. The van der Waals surface area contributed by atoms with Crippen LogP contribution >= 0.6 is 22.7 Å². The van der Waals surface area contributed by atoms with Gasteiger partial charge in [-0.15, -0.1) is 22.7 Å². The van der Waals surface area contributed by atoms with Crippen LogP contribution < -0.4 is 10.2 Å². The molecule has 0 unspecified atom stereocenters. The Morgan fingerprint density at radius 2 is 1.64 bits per heavy atom. The highest BCUT2D eigenvalue weighted by Gasteiger charge is 2.31. The maximum absolute atomic E-state index is 12.6. The summed E-state index contributed by atoms with van der Waals surface area (Å²) in [4.78, 5) is 19.6. The predicted octanol–water partition coefficient (Wildman–Crippen LogP) is 4.49. The van der Waals surface area contributed by atoms with Crippen molar-refractivity contribution in [2.24, 2.45) is 0 Å². The number of thiophene rings is 2. The topological polar surface area (TPSA) is 35.6 Å². The van der Waals surface area contributed by atoms with Crippen molar-refractivity contribution in [1.82, 2.24) is 10.2 Å². The van der Waals surface area contributed by atoms with Crippen molar-refractivity contribution in [3.63, 3.8) is 0 Å². The van der Waals surface area contributed by atoms with Crippen molar-refractivity contribution in [3.8, 4) is 0 Å². The molecule has 0 radical (unpaired) electrons. The number of hydrogen-bond acceptors (Lipinski definition) is 5. The maximum Gasteiger partial charge on any atom is 0.261 e. The molecule has 3 heterocycles. The van der Waals surface area contributed by atoms with Gasteiger partial charge in [0.1, 0.15) is 0 Å². The molecule has 1 saturated heterocycles. The van der Waals surface area contributed by atoms with Gasteiger partial charge in [0.15, 0.2) is 0 Å². The number of nitrogens with zero attached hydrogens (tertiary/aromatic N) is 2. The molecule has 1 fully saturated rings. The molecule has 2 atom stereocenters. The number of rotatable bonds is 6. The van der Waals surface area contributed by atoms with Crippen LogP contribution in [0.25, 0.3) is 0 Å². The number of hydrogen-bond donors (Lipinski definition) is 1. The summed E-state index contributed by atoms with van der Waals surface area (Å²) >= 11 is 3.26. The van der Waals surface area contributed by atoms with E-state index in [0.717, 1.165) is 31.1 Å². The van der Waals surface area contributed by atoms with Gasteiger partial charge in [0, 0.05) is 42.8 Å². The normalized spacial score (nSPS) is 17.2. The molecule has 1 N–H and O–H groups in total. The van der Waals surface area contributed by atoms with Gasteiger partial charge in [-0.25, -0.2) is 0 Å². The first-order valence-corrected chi connectivity index (χ1v) is 11.4. The molecule has 1 amide bonds. The van der Waals surface area contributed by atoms with Crippen LogP contribution in [0.1, 0.15) is 27.5 Å². The third-order valence-corrected chi connectivity index (χ3v) is 7.05. The van der Waals surface area contributed by atoms with Crippen LogP contribution in [0.15, 0.2) is 65.4 Å². The smallest absolute Gasteiger partial charge is 0.261 e. The Kier molecular flexibility index (Phi) is 6.10. The van der Waals surface area contributed by atoms with Crippen molar-refractivity contribution in [1.29, 1.82) is 0 Å². The molecule has 1 aromatic carbocycles. The highest BCUT2D eigenvalue weighted by Crippen LogP contribution is 2.30. The summed E-state index contributed by atoms with van der Waals surface area (Å²) in [5.74, 6) is 0.0203. The first-order chi connectivity index (χ1) is 13.7. The molecule has 146 valence electrons. The lowest BCUT2D eigenvalue weighted by Gasteiger charge is -2.42. The van der Waals surface area contributed by atoms with Gasteiger partial charge < -0.3 is 10.2 Å². The Bertz CT molecular complexity index is 857. The fourth-order valence-electron chi connectivity index (χ4n) is 3.86. The van der Waals surface area contributed by atoms with E-state index in [-0.39, 0.29) is 18.0 Å².